The SMILES string of the molecule is C=C(C)C(F)(F)c1ccc(CN(CCc2ccc(OC(C)(C)C(=O)O)cc2)c2noc(-c3ccc(C(F)(F)C(=C)C)cc3)n2)cc1. The van der Waals surface area contributed by atoms with E-state index < -0.39 is 23.4 Å². The number of aliphatic carboxylic acids is 1. The highest BCUT2D eigenvalue weighted by atomic mass is 19.3. The number of rotatable bonds is 14. The van der Waals surface area contributed by atoms with Gasteiger partial charge in [-0.05, 0) is 85.8 Å². The van der Waals surface area contributed by atoms with Crippen LogP contribution in [0.4, 0.5) is 23.5 Å². The summed E-state index contributed by atoms with van der Waals surface area (Å²) in [5, 5.41) is 13.4. The number of allylic oxidation sites excluding steroid dienone is 2. The third kappa shape index (κ3) is 7.64. The van der Waals surface area contributed by atoms with Crippen LogP contribution in [0.3, 0.4) is 0 Å². The van der Waals surface area contributed by atoms with Gasteiger partial charge in [0, 0.05) is 29.8 Å². The molecule has 242 valence electrons. The Bertz CT molecular complexity index is 1700. The molecule has 0 radical (unpaired) electrons. The number of halogens is 4. The molecule has 0 aliphatic rings. The lowest BCUT2D eigenvalue weighted by Gasteiger charge is -2.22. The second-order valence-electron chi connectivity index (χ2n) is 11.6. The molecule has 0 aliphatic heterocycles. The Kier molecular flexibility index (Phi) is 9.74. The van der Waals surface area contributed by atoms with Gasteiger partial charge in [0.15, 0.2) is 5.60 Å². The highest BCUT2D eigenvalue weighted by Gasteiger charge is 2.33. The molecule has 0 unspecified atom stereocenters. The number of hydrogen-bond acceptors (Lipinski definition) is 6. The number of ether oxygens (including phenoxy) is 1. The molecule has 3 aromatic carbocycles. The molecule has 0 fully saturated rings. The van der Waals surface area contributed by atoms with Gasteiger partial charge in [0.05, 0.1) is 0 Å². The molecule has 0 saturated heterocycles. The molecule has 1 N–H and O–H groups in total. The van der Waals surface area contributed by atoms with Crippen LogP contribution in [0.25, 0.3) is 11.5 Å². The number of carbonyl (C=O) groups is 1. The van der Waals surface area contributed by atoms with Crippen molar-refractivity contribution in [3.05, 3.63) is 119 Å². The minimum absolute atomic E-state index is 0.115. The molecule has 0 aliphatic carbocycles. The van der Waals surface area contributed by atoms with Gasteiger partial charge in [-0.25, -0.2) is 4.79 Å². The number of benzene rings is 3. The van der Waals surface area contributed by atoms with Crippen LogP contribution in [0.2, 0.25) is 0 Å². The smallest absolute Gasteiger partial charge is 0.347 e. The summed E-state index contributed by atoms with van der Waals surface area (Å²) < 4.78 is 68.8. The molecule has 11 heteroatoms. The minimum atomic E-state index is -3.18. The lowest BCUT2D eigenvalue weighted by molar-refractivity contribution is -0.152. The molecule has 0 atom stereocenters. The van der Waals surface area contributed by atoms with E-state index in [1.54, 1.807) is 29.2 Å². The zero-order valence-electron chi connectivity index (χ0n) is 26.0. The minimum Gasteiger partial charge on any atom is -0.478 e. The fourth-order valence-electron chi connectivity index (χ4n) is 4.39. The number of carboxylic acid groups (broad SMARTS) is 1. The van der Waals surface area contributed by atoms with E-state index in [1.807, 2.05) is 12.1 Å². The van der Waals surface area contributed by atoms with Crippen LogP contribution in [0.5, 0.6) is 5.75 Å². The highest BCUT2D eigenvalue weighted by molar-refractivity contribution is 5.76. The summed E-state index contributed by atoms with van der Waals surface area (Å²) >= 11 is 0. The molecule has 0 saturated carbocycles. The first-order chi connectivity index (χ1) is 21.5. The van der Waals surface area contributed by atoms with Crippen molar-refractivity contribution in [3.8, 4) is 17.2 Å². The van der Waals surface area contributed by atoms with Gasteiger partial charge < -0.3 is 19.3 Å². The van der Waals surface area contributed by atoms with Crippen LogP contribution in [0.1, 0.15) is 49.9 Å². The quantitative estimate of drug-likeness (QED) is 0.109. The molecule has 0 bridgehead atoms. The number of hydrogen-bond donors (Lipinski definition) is 1. The summed E-state index contributed by atoms with van der Waals surface area (Å²) in [4.78, 5) is 17.7. The van der Waals surface area contributed by atoms with Crippen LogP contribution in [0, 0.1) is 0 Å². The fourth-order valence-corrected chi connectivity index (χ4v) is 4.39. The molecule has 1 aromatic heterocycles. The van der Waals surface area contributed by atoms with E-state index in [0.29, 0.717) is 29.8 Å². The predicted molar refractivity (Wildman–Crippen MR) is 167 cm³/mol. The van der Waals surface area contributed by atoms with Crippen molar-refractivity contribution in [1.82, 2.24) is 10.1 Å². The van der Waals surface area contributed by atoms with Crippen molar-refractivity contribution >= 4 is 11.9 Å². The van der Waals surface area contributed by atoms with Gasteiger partial charge in [0.2, 0.25) is 0 Å². The van der Waals surface area contributed by atoms with Gasteiger partial charge in [-0.1, -0.05) is 61.7 Å². The van der Waals surface area contributed by atoms with Gasteiger partial charge in [-0.15, -0.1) is 0 Å². The second kappa shape index (κ2) is 13.2. The van der Waals surface area contributed by atoms with E-state index in [2.05, 4.69) is 23.3 Å². The maximum Gasteiger partial charge on any atom is 0.347 e. The Morgan fingerprint density at radius 3 is 1.85 bits per heavy atom. The van der Waals surface area contributed by atoms with Crippen molar-refractivity contribution < 1.29 is 36.7 Å². The second-order valence-corrected chi connectivity index (χ2v) is 11.6. The van der Waals surface area contributed by atoms with Crippen LogP contribution < -0.4 is 9.64 Å². The van der Waals surface area contributed by atoms with Crippen molar-refractivity contribution in [1.29, 1.82) is 0 Å². The topological polar surface area (TPSA) is 88.7 Å². The van der Waals surface area contributed by atoms with Crippen molar-refractivity contribution in [3.63, 3.8) is 0 Å². The Morgan fingerprint density at radius 1 is 0.848 bits per heavy atom. The molecule has 4 rings (SSSR count). The van der Waals surface area contributed by atoms with E-state index in [0.717, 1.165) is 5.56 Å². The Labute approximate surface area is 264 Å². The average Bonchev–Trinajstić information content (AvgIpc) is 3.50. The van der Waals surface area contributed by atoms with Crippen LogP contribution in [-0.2, 0) is 29.6 Å². The molecule has 0 spiro atoms. The van der Waals surface area contributed by atoms with Gasteiger partial charge >= 0.3 is 5.97 Å². The first-order valence-corrected chi connectivity index (χ1v) is 14.4. The number of anilines is 1. The highest BCUT2D eigenvalue weighted by Crippen LogP contribution is 2.36. The molecular formula is C35H35F4N3O4. The third-order valence-corrected chi connectivity index (χ3v) is 7.44. The van der Waals surface area contributed by atoms with E-state index >= 15 is 0 Å². The molecule has 1 heterocycles. The number of alkyl halides is 4. The Hall–Kier alpha value is -4.93. The monoisotopic (exact) mass is 637 g/mol. The molecular weight excluding hydrogens is 602 g/mol. The lowest BCUT2D eigenvalue weighted by atomic mass is 10.0. The summed E-state index contributed by atoms with van der Waals surface area (Å²) in [6.45, 7) is 12.8. The number of nitrogens with zero attached hydrogens (tertiary/aromatic N) is 3. The summed E-state index contributed by atoms with van der Waals surface area (Å²) in [7, 11) is 0. The maximum atomic E-state index is 14.5. The molecule has 4 aromatic rings. The van der Waals surface area contributed by atoms with E-state index in [9.17, 15) is 27.5 Å². The first kappa shape index (κ1) is 34.0. The molecule has 46 heavy (non-hydrogen) atoms. The summed E-state index contributed by atoms with van der Waals surface area (Å²) in [6, 6.07) is 18.3. The predicted octanol–water partition coefficient (Wildman–Crippen LogP) is 8.56. The maximum absolute atomic E-state index is 14.5. The van der Waals surface area contributed by atoms with Crippen molar-refractivity contribution in [2.75, 3.05) is 11.4 Å². The Morgan fingerprint density at radius 2 is 1.35 bits per heavy atom. The third-order valence-electron chi connectivity index (χ3n) is 7.44. The van der Waals surface area contributed by atoms with Gasteiger partial charge in [0.25, 0.3) is 23.7 Å². The van der Waals surface area contributed by atoms with E-state index in [-0.39, 0.29) is 40.7 Å². The van der Waals surface area contributed by atoms with Crippen molar-refractivity contribution in [2.45, 2.75) is 58.1 Å². The zero-order valence-corrected chi connectivity index (χ0v) is 26.0. The summed E-state index contributed by atoms with van der Waals surface area (Å²) in [5.74, 6) is -6.72. The van der Waals surface area contributed by atoms with E-state index in [1.165, 1.54) is 64.1 Å². The van der Waals surface area contributed by atoms with Crippen molar-refractivity contribution in [2.24, 2.45) is 0 Å². The normalized spacial score (nSPS) is 12.1. The Balaban J connectivity index is 1.57. The first-order valence-electron chi connectivity index (χ1n) is 14.4. The zero-order chi connectivity index (χ0) is 33.9. The molecule has 7 nitrogen and oxygen atoms in total. The number of carboxylic acids is 1. The summed E-state index contributed by atoms with van der Waals surface area (Å²) in [5.41, 5.74) is -0.284. The summed E-state index contributed by atoms with van der Waals surface area (Å²) in [6.07, 6.45) is 0.503. The standard InChI is InChI=1S/C35H35F4N3O4/c1-22(2)34(36,37)27-13-7-25(8-14-27)21-42(20-19-24-9-17-29(18-10-24)45-33(5,6)31(43)44)32-40-30(46-41-32)26-11-15-28(16-12-26)35(38,39)23(3)4/h7-18H,1,3,19-21H2,2,4-6H3,(H,43,44). The van der Waals surface area contributed by atoms with Crippen LogP contribution >= 0.6 is 0 Å². The van der Waals surface area contributed by atoms with Crippen LogP contribution in [-0.4, -0.2) is 33.4 Å². The molecule has 0 amide bonds. The fraction of sp³-hybridized carbons (Fsp3) is 0.286. The van der Waals surface area contributed by atoms with Crippen LogP contribution in [0.15, 0.2) is 102 Å². The van der Waals surface area contributed by atoms with Gasteiger partial charge in [-0.3, -0.25) is 0 Å². The largest absolute Gasteiger partial charge is 0.478 e. The number of aromatic nitrogens is 2. The van der Waals surface area contributed by atoms with Gasteiger partial charge in [-0.2, -0.15) is 22.5 Å². The van der Waals surface area contributed by atoms with Gasteiger partial charge in [0.1, 0.15) is 5.75 Å². The average molecular weight is 638 g/mol. The van der Waals surface area contributed by atoms with E-state index in [4.69, 9.17) is 9.26 Å². The lowest BCUT2D eigenvalue weighted by Crippen LogP contribution is -2.37.